The normalized spacial score (nSPS) is 10.5. The van der Waals surface area contributed by atoms with Crippen molar-refractivity contribution in [3.63, 3.8) is 0 Å². The van der Waals surface area contributed by atoms with E-state index in [0.717, 1.165) is 11.1 Å². The lowest BCUT2D eigenvalue weighted by atomic mass is 9.97. The van der Waals surface area contributed by atoms with E-state index >= 15 is 0 Å². The van der Waals surface area contributed by atoms with Gasteiger partial charge in [-0.15, -0.1) is 0 Å². The predicted octanol–water partition coefficient (Wildman–Crippen LogP) is 2.78. The highest BCUT2D eigenvalue weighted by molar-refractivity contribution is 5.90. The molecule has 1 rings (SSSR count). The standard InChI is InChI=1S/C12H17NO2/c1-7(2)10-6-11(13-9(4)14)12(15)5-8(10)3/h5-7,15H,1-4H3,(H,13,14). The number of anilines is 1. The topological polar surface area (TPSA) is 49.3 Å². The van der Waals surface area contributed by atoms with E-state index in [9.17, 15) is 9.90 Å². The van der Waals surface area contributed by atoms with Crippen LogP contribution in [0, 0.1) is 6.92 Å². The van der Waals surface area contributed by atoms with E-state index < -0.39 is 0 Å². The zero-order valence-electron chi connectivity index (χ0n) is 9.59. The number of phenolic OH excluding ortho intramolecular Hbond substituents is 1. The Balaban J connectivity index is 3.17. The second-order valence-corrected chi connectivity index (χ2v) is 4.06. The van der Waals surface area contributed by atoms with Gasteiger partial charge in [-0.3, -0.25) is 4.79 Å². The summed E-state index contributed by atoms with van der Waals surface area (Å²) in [5.41, 5.74) is 2.66. The monoisotopic (exact) mass is 207 g/mol. The summed E-state index contributed by atoms with van der Waals surface area (Å²) in [5, 5.41) is 12.2. The van der Waals surface area contributed by atoms with Gasteiger partial charge in [0, 0.05) is 6.92 Å². The van der Waals surface area contributed by atoms with Crippen molar-refractivity contribution in [3.8, 4) is 5.75 Å². The Morgan fingerprint density at radius 3 is 2.47 bits per heavy atom. The molecule has 0 saturated heterocycles. The Kier molecular flexibility index (Phi) is 3.35. The molecule has 3 nitrogen and oxygen atoms in total. The Labute approximate surface area is 90.1 Å². The van der Waals surface area contributed by atoms with Gasteiger partial charge >= 0.3 is 0 Å². The number of hydrogen-bond donors (Lipinski definition) is 2. The van der Waals surface area contributed by atoms with Crippen molar-refractivity contribution in [1.82, 2.24) is 0 Å². The quantitative estimate of drug-likeness (QED) is 0.732. The minimum Gasteiger partial charge on any atom is -0.506 e. The maximum Gasteiger partial charge on any atom is 0.221 e. The molecule has 0 bridgehead atoms. The van der Waals surface area contributed by atoms with Crippen LogP contribution in [0.1, 0.15) is 37.8 Å². The van der Waals surface area contributed by atoms with Crippen LogP contribution in [0.4, 0.5) is 5.69 Å². The third-order valence-electron chi connectivity index (χ3n) is 2.32. The SMILES string of the molecule is CC(=O)Nc1cc(C(C)C)c(C)cc1O. The van der Waals surface area contributed by atoms with E-state index in [0.29, 0.717) is 11.6 Å². The first kappa shape index (κ1) is 11.6. The molecule has 0 saturated carbocycles. The zero-order chi connectivity index (χ0) is 11.6. The van der Waals surface area contributed by atoms with E-state index in [4.69, 9.17) is 0 Å². The van der Waals surface area contributed by atoms with Crippen molar-refractivity contribution in [2.75, 3.05) is 5.32 Å². The number of hydrogen-bond acceptors (Lipinski definition) is 2. The zero-order valence-corrected chi connectivity index (χ0v) is 9.59. The molecule has 1 amide bonds. The number of aromatic hydroxyl groups is 1. The molecule has 0 atom stereocenters. The van der Waals surface area contributed by atoms with Gasteiger partial charge in [0.15, 0.2) is 0 Å². The van der Waals surface area contributed by atoms with Crippen LogP contribution in [0.2, 0.25) is 0 Å². The summed E-state index contributed by atoms with van der Waals surface area (Å²) < 4.78 is 0. The fourth-order valence-electron chi connectivity index (χ4n) is 1.62. The van der Waals surface area contributed by atoms with Gasteiger partial charge < -0.3 is 10.4 Å². The van der Waals surface area contributed by atoms with E-state index in [2.05, 4.69) is 19.2 Å². The molecule has 0 aliphatic rings. The number of benzene rings is 1. The average Bonchev–Trinajstić information content (AvgIpc) is 2.08. The van der Waals surface area contributed by atoms with Gasteiger partial charge in [0.25, 0.3) is 0 Å². The molecule has 0 unspecified atom stereocenters. The second-order valence-electron chi connectivity index (χ2n) is 4.06. The van der Waals surface area contributed by atoms with Gasteiger partial charge in [-0.2, -0.15) is 0 Å². The van der Waals surface area contributed by atoms with Crippen LogP contribution >= 0.6 is 0 Å². The number of nitrogens with one attached hydrogen (secondary N) is 1. The minimum absolute atomic E-state index is 0.118. The van der Waals surface area contributed by atoms with Crippen molar-refractivity contribution in [2.24, 2.45) is 0 Å². The van der Waals surface area contributed by atoms with Crippen LogP contribution < -0.4 is 5.32 Å². The molecule has 0 aromatic heterocycles. The van der Waals surface area contributed by atoms with Crippen molar-refractivity contribution < 1.29 is 9.90 Å². The lowest BCUT2D eigenvalue weighted by molar-refractivity contribution is -0.114. The van der Waals surface area contributed by atoms with Crippen LogP contribution in [0.25, 0.3) is 0 Å². The van der Waals surface area contributed by atoms with Crippen molar-refractivity contribution in [1.29, 1.82) is 0 Å². The van der Waals surface area contributed by atoms with Gasteiger partial charge in [-0.1, -0.05) is 13.8 Å². The summed E-state index contributed by atoms with van der Waals surface area (Å²) in [7, 11) is 0. The Bertz CT molecular complexity index is 383. The van der Waals surface area contributed by atoms with E-state index in [1.165, 1.54) is 6.92 Å². The first-order chi connectivity index (χ1) is 6.91. The number of rotatable bonds is 2. The number of carbonyl (C=O) groups is 1. The molecule has 0 aliphatic carbocycles. The maximum absolute atomic E-state index is 10.9. The average molecular weight is 207 g/mol. The predicted molar refractivity (Wildman–Crippen MR) is 61.2 cm³/mol. The summed E-state index contributed by atoms with van der Waals surface area (Å²) in [4.78, 5) is 10.9. The lowest BCUT2D eigenvalue weighted by Gasteiger charge is -2.13. The summed E-state index contributed by atoms with van der Waals surface area (Å²) in [6.45, 7) is 7.54. The summed E-state index contributed by atoms with van der Waals surface area (Å²) in [6, 6.07) is 3.51. The maximum atomic E-state index is 10.9. The number of amides is 1. The molecule has 0 aliphatic heterocycles. The summed E-state index contributed by atoms with van der Waals surface area (Å²) in [5.74, 6) is 0.314. The molecule has 0 fully saturated rings. The molecule has 0 spiro atoms. The fraction of sp³-hybridized carbons (Fsp3) is 0.417. The third-order valence-corrected chi connectivity index (χ3v) is 2.32. The lowest BCUT2D eigenvalue weighted by Crippen LogP contribution is -2.07. The highest BCUT2D eigenvalue weighted by atomic mass is 16.3. The molecule has 2 N–H and O–H groups in total. The molecule has 1 aromatic rings. The van der Waals surface area contributed by atoms with Crippen LogP contribution in [0.3, 0.4) is 0 Å². The molecule has 0 heterocycles. The third kappa shape index (κ3) is 2.72. The number of phenols is 1. The van der Waals surface area contributed by atoms with Gasteiger partial charge in [0.05, 0.1) is 5.69 Å². The van der Waals surface area contributed by atoms with E-state index in [-0.39, 0.29) is 11.7 Å². The smallest absolute Gasteiger partial charge is 0.221 e. The van der Waals surface area contributed by atoms with Crippen LogP contribution in [-0.4, -0.2) is 11.0 Å². The molecular formula is C12H17NO2. The first-order valence-corrected chi connectivity index (χ1v) is 5.03. The molecule has 0 radical (unpaired) electrons. The number of aryl methyl sites for hydroxylation is 1. The van der Waals surface area contributed by atoms with Crippen molar-refractivity contribution in [2.45, 2.75) is 33.6 Å². The highest BCUT2D eigenvalue weighted by Gasteiger charge is 2.09. The van der Waals surface area contributed by atoms with E-state index in [1.807, 2.05) is 13.0 Å². The largest absolute Gasteiger partial charge is 0.506 e. The molecular weight excluding hydrogens is 190 g/mol. The summed E-state index contributed by atoms with van der Waals surface area (Å²) >= 11 is 0. The molecule has 1 aromatic carbocycles. The molecule has 15 heavy (non-hydrogen) atoms. The fourth-order valence-corrected chi connectivity index (χ4v) is 1.62. The summed E-state index contributed by atoms with van der Waals surface area (Å²) in [6.07, 6.45) is 0. The van der Waals surface area contributed by atoms with Crippen LogP contribution in [0.15, 0.2) is 12.1 Å². The van der Waals surface area contributed by atoms with E-state index in [1.54, 1.807) is 6.07 Å². The molecule has 3 heteroatoms. The van der Waals surface area contributed by atoms with Crippen LogP contribution in [0.5, 0.6) is 5.75 Å². The van der Waals surface area contributed by atoms with Crippen molar-refractivity contribution in [3.05, 3.63) is 23.3 Å². The van der Waals surface area contributed by atoms with Gasteiger partial charge in [0.2, 0.25) is 5.91 Å². The Hall–Kier alpha value is -1.51. The van der Waals surface area contributed by atoms with Crippen molar-refractivity contribution >= 4 is 11.6 Å². The molecule has 82 valence electrons. The Morgan fingerprint density at radius 1 is 1.40 bits per heavy atom. The van der Waals surface area contributed by atoms with Gasteiger partial charge in [0.1, 0.15) is 5.75 Å². The van der Waals surface area contributed by atoms with Gasteiger partial charge in [-0.25, -0.2) is 0 Å². The second kappa shape index (κ2) is 4.34. The highest BCUT2D eigenvalue weighted by Crippen LogP contribution is 2.30. The Morgan fingerprint density at radius 2 is 2.00 bits per heavy atom. The minimum atomic E-state index is -0.177. The van der Waals surface area contributed by atoms with Crippen LogP contribution in [-0.2, 0) is 4.79 Å². The van der Waals surface area contributed by atoms with Gasteiger partial charge in [-0.05, 0) is 36.1 Å². The first-order valence-electron chi connectivity index (χ1n) is 5.03. The number of carbonyl (C=O) groups excluding carboxylic acids is 1.